The third-order valence-electron chi connectivity index (χ3n) is 2.47. The standard InChI is InChI=1S/C11H13NO2S/c1-8-3-4-11-9(5-8)6-10(7-12-2)15(11,13)14/h3-6,12H,7H2,1-2H3. The molecule has 0 spiro atoms. The SMILES string of the molecule is CNCC1=Cc2cc(C)ccc2S1(=O)=O. The van der Waals surface area contributed by atoms with Gasteiger partial charge in [-0.25, -0.2) is 8.42 Å². The van der Waals surface area contributed by atoms with E-state index in [1.54, 1.807) is 19.2 Å². The van der Waals surface area contributed by atoms with Crippen LogP contribution in [0.25, 0.3) is 6.08 Å². The molecule has 0 aliphatic carbocycles. The number of sulfone groups is 1. The predicted molar refractivity (Wildman–Crippen MR) is 60.3 cm³/mol. The van der Waals surface area contributed by atoms with Gasteiger partial charge in [0.05, 0.1) is 9.80 Å². The molecule has 0 unspecified atom stereocenters. The van der Waals surface area contributed by atoms with Gasteiger partial charge in [0.2, 0.25) is 9.84 Å². The van der Waals surface area contributed by atoms with Gasteiger partial charge in [0.15, 0.2) is 0 Å². The lowest BCUT2D eigenvalue weighted by molar-refractivity contribution is 0.601. The monoisotopic (exact) mass is 223 g/mol. The van der Waals surface area contributed by atoms with E-state index in [1.807, 2.05) is 19.1 Å². The Balaban J connectivity index is 2.58. The van der Waals surface area contributed by atoms with Crippen LogP contribution in [-0.2, 0) is 9.84 Å². The second-order valence-electron chi connectivity index (χ2n) is 3.69. The summed E-state index contributed by atoms with van der Waals surface area (Å²) in [6, 6.07) is 5.40. The lowest BCUT2D eigenvalue weighted by Gasteiger charge is -2.02. The average Bonchev–Trinajstić information content (AvgIpc) is 2.39. The number of hydrogen-bond acceptors (Lipinski definition) is 3. The van der Waals surface area contributed by atoms with E-state index >= 15 is 0 Å². The van der Waals surface area contributed by atoms with Gasteiger partial charge in [-0.1, -0.05) is 17.7 Å². The topological polar surface area (TPSA) is 46.2 Å². The van der Waals surface area contributed by atoms with Crippen molar-refractivity contribution in [1.29, 1.82) is 0 Å². The zero-order chi connectivity index (χ0) is 11.1. The number of aryl methyl sites for hydroxylation is 1. The molecule has 2 rings (SSSR count). The third-order valence-corrected chi connectivity index (χ3v) is 4.37. The van der Waals surface area contributed by atoms with Gasteiger partial charge in [0, 0.05) is 6.54 Å². The molecule has 1 N–H and O–H groups in total. The van der Waals surface area contributed by atoms with Crippen molar-refractivity contribution in [2.75, 3.05) is 13.6 Å². The Morgan fingerprint density at radius 3 is 2.73 bits per heavy atom. The average molecular weight is 223 g/mol. The fourth-order valence-electron chi connectivity index (χ4n) is 1.74. The predicted octanol–water partition coefficient (Wildman–Crippen LogP) is 1.34. The van der Waals surface area contributed by atoms with E-state index in [-0.39, 0.29) is 0 Å². The highest BCUT2D eigenvalue weighted by Crippen LogP contribution is 2.32. The summed E-state index contributed by atoms with van der Waals surface area (Å²) in [5, 5.41) is 2.87. The number of likely N-dealkylation sites (N-methyl/N-ethyl adjacent to an activating group) is 1. The van der Waals surface area contributed by atoms with Gasteiger partial charge in [-0.3, -0.25) is 0 Å². The molecular formula is C11H13NO2S. The molecular weight excluding hydrogens is 210 g/mol. The van der Waals surface area contributed by atoms with Crippen LogP contribution in [0.3, 0.4) is 0 Å². The fraction of sp³-hybridized carbons (Fsp3) is 0.273. The Hall–Kier alpha value is -1.13. The largest absolute Gasteiger partial charge is 0.315 e. The van der Waals surface area contributed by atoms with Gasteiger partial charge >= 0.3 is 0 Å². The van der Waals surface area contributed by atoms with E-state index < -0.39 is 9.84 Å². The van der Waals surface area contributed by atoms with Crippen molar-refractivity contribution in [3.8, 4) is 0 Å². The Morgan fingerprint density at radius 1 is 1.33 bits per heavy atom. The molecule has 0 radical (unpaired) electrons. The molecule has 0 saturated carbocycles. The molecule has 0 aromatic heterocycles. The van der Waals surface area contributed by atoms with Gasteiger partial charge in [0.25, 0.3) is 0 Å². The highest BCUT2D eigenvalue weighted by Gasteiger charge is 2.28. The molecule has 1 aromatic rings. The summed E-state index contributed by atoms with van der Waals surface area (Å²) < 4.78 is 24.0. The summed E-state index contributed by atoms with van der Waals surface area (Å²) in [6.07, 6.45) is 1.74. The molecule has 4 heteroatoms. The molecule has 1 aliphatic heterocycles. The van der Waals surface area contributed by atoms with Crippen molar-refractivity contribution in [1.82, 2.24) is 5.32 Å². The molecule has 1 heterocycles. The fourth-order valence-corrected chi connectivity index (χ4v) is 3.31. The van der Waals surface area contributed by atoms with Gasteiger partial charge in [-0.2, -0.15) is 0 Å². The minimum absolute atomic E-state index is 0.385. The second kappa shape index (κ2) is 3.47. The molecule has 15 heavy (non-hydrogen) atoms. The molecule has 0 amide bonds. The van der Waals surface area contributed by atoms with Gasteiger partial charge in [-0.15, -0.1) is 0 Å². The second-order valence-corrected chi connectivity index (χ2v) is 5.66. The Kier molecular flexibility index (Phi) is 2.40. The molecule has 0 saturated heterocycles. The van der Waals surface area contributed by atoms with Crippen LogP contribution in [0.1, 0.15) is 11.1 Å². The number of benzene rings is 1. The first kappa shape index (κ1) is 10.4. The molecule has 3 nitrogen and oxygen atoms in total. The normalized spacial score (nSPS) is 17.3. The Morgan fingerprint density at radius 2 is 2.07 bits per heavy atom. The van der Waals surface area contributed by atoms with Gasteiger partial charge in [-0.05, 0) is 31.7 Å². The summed E-state index contributed by atoms with van der Waals surface area (Å²) >= 11 is 0. The van der Waals surface area contributed by atoms with Crippen molar-refractivity contribution in [2.24, 2.45) is 0 Å². The highest BCUT2D eigenvalue weighted by molar-refractivity contribution is 7.95. The van der Waals surface area contributed by atoms with E-state index in [2.05, 4.69) is 5.32 Å². The van der Waals surface area contributed by atoms with E-state index in [4.69, 9.17) is 0 Å². The summed E-state index contributed by atoms with van der Waals surface area (Å²) in [5.74, 6) is 0. The lowest BCUT2D eigenvalue weighted by atomic mass is 10.1. The summed E-state index contributed by atoms with van der Waals surface area (Å²) in [6.45, 7) is 2.34. The number of hydrogen-bond donors (Lipinski definition) is 1. The zero-order valence-electron chi connectivity index (χ0n) is 8.74. The molecule has 80 valence electrons. The number of rotatable bonds is 2. The summed E-state index contributed by atoms with van der Waals surface area (Å²) in [4.78, 5) is 0.879. The van der Waals surface area contributed by atoms with Crippen molar-refractivity contribution in [3.63, 3.8) is 0 Å². The van der Waals surface area contributed by atoms with Crippen LogP contribution in [-0.4, -0.2) is 22.0 Å². The van der Waals surface area contributed by atoms with Crippen LogP contribution < -0.4 is 5.32 Å². The first-order chi connectivity index (χ1) is 7.05. The summed E-state index contributed by atoms with van der Waals surface area (Å²) in [7, 11) is -1.49. The highest BCUT2D eigenvalue weighted by atomic mass is 32.2. The smallest absolute Gasteiger partial charge is 0.204 e. The van der Waals surface area contributed by atoms with Crippen molar-refractivity contribution >= 4 is 15.9 Å². The Bertz CT molecular complexity index is 530. The first-order valence-electron chi connectivity index (χ1n) is 4.76. The van der Waals surface area contributed by atoms with E-state index in [1.165, 1.54) is 0 Å². The van der Waals surface area contributed by atoms with E-state index in [0.29, 0.717) is 16.3 Å². The first-order valence-corrected chi connectivity index (χ1v) is 6.25. The molecule has 0 atom stereocenters. The van der Waals surface area contributed by atoms with Crippen LogP contribution in [0.15, 0.2) is 28.0 Å². The van der Waals surface area contributed by atoms with Crippen LogP contribution in [0, 0.1) is 6.92 Å². The quantitative estimate of drug-likeness (QED) is 0.823. The molecule has 0 bridgehead atoms. The minimum Gasteiger partial charge on any atom is -0.315 e. The molecule has 1 aliphatic rings. The van der Waals surface area contributed by atoms with Crippen LogP contribution in [0.5, 0.6) is 0 Å². The van der Waals surface area contributed by atoms with Crippen LogP contribution in [0.4, 0.5) is 0 Å². The zero-order valence-corrected chi connectivity index (χ0v) is 9.56. The molecule has 0 fully saturated rings. The minimum atomic E-state index is -3.23. The van der Waals surface area contributed by atoms with Gasteiger partial charge in [0.1, 0.15) is 0 Å². The van der Waals surface area contributed by atoms with Crippen molar-refractivity contribution in [2.45, 2.75) is 11.8 Å². The molecule has 1 aromatic carbocycles. The van der Waals surface area contributed by atoms with E-state index in [0.717, 1.165) is 11.1 Å². The number of fused-ring (bicyclic) bond motifs is 1. The maximum Gasteiger partial charge on any atom is 0.204 e. The van der Waals surface area contributed by atoms with Crippen molar-refractivity contribution in [3.05, 3.63) is 34.2 Å². The van der Waals surface area contributed by atoms with E-state index in [9.17, 15) is 8.42 Å². The van der Waals surface area contributed by atoms with Crippen molar-refractivity contribution < 1.29 is 8.42 Å². The van der Waals surface area contributed by atoms with Crippen LogP contribution >= 0.6 is 0 Å². The van der Waals surface area contributed by atoms with Crippen LogP contribution in [0.2, 0.25) is 0 Å². The maximum atomic E-state index is 12.0. The summed E-state index contributed by atoms with van der Waals surface area (Å²) in [5.41, 5.74) is 1.88. The van der Waals surface area contributed by atoms with Gasteiger partial charge < -0.3 is 5.32 Å². The third kappa shape index (κ3) is 1.60. The number of nitrogens with one attached hydrogen (secondary N) is 1. The lowest BCUT2D eigenvalue weighted by Crippen LogP contribution is -2.14. The maximum absolute atomic E-state index is 12.0. The Labute approximate surface area is 89.7 Å².